The molecule has 1 rings (SSSR count). The van der Waals surface area contributed by atoms with Crippen LogP contribution in [0.5, 0.6) is 0 Å². The number of hydrogen-bond donors (Lipinski definition) is 2. The van der Waals surface area contributed by atoms with Crippen LogP contribution < -0.4 is 10.6 Å². The zero-order valence-corrected chi connectivity index (χ0v) is 12.9. The number of nitrogens with zero attached hydrogens (tertiary/aromatic N) is 1. The van der Waals surface area contributed by atoms with Crippen LogP contribution in [0.25, 0.3) is 0 Å². The van der Waals surface area contributed by atoms with Gasteiger partial charge in [0, 0.05) is 26.2 Å². The largest absolute Gasteiger partial charge is 0.380 e. The molecule has 4 heteroatoms. The molecule has 1 aliphatic carbocycles. The third-order valence-corrected chi connectivity index (χ3v) is 3.55. The topological polar surface area (TPSA) is 45.7 Å². The molecular formula is C15H31N3O. The summed E-state index contributed by atoms with van der Waals surface area (Å²) in [5.41, 5.74) is 0. The van der Waals surface area contributed by atoms with E-state index in [-0.39, 0.29) is 0 Å². The van der Waals surface area contributed by atoms with Crippen LogP contribution in [0, 0.1) is 5.92 Å². The number of aliphatic imine (C=N–C) groups is 1. The van der Waals surface area contributed by atoms with Crippen LogP contribution in [0.4, 0.5) is 0 Å². The average molecular weight is 269 g/mol. The number of hydrogen-bond acceptors (Lipinski definition) is 2. The van der Waals surface area contributed by atoms with Gasteiger partial charge in [-0.3, -0.25) is 4.99 Å². The summed E-state index contributed by atoms with van der Waals surface area (Å²) in [6, 6.07) is 0.599. The summed E-state index contributed by atoms with van der Waals surface area (Å²) < 4.78 is 5.58. The second-order valence-corrected chi connectivity index (χ2v) is 5.77. The Morgan fingerprint density at radius 3 is 2.58 bits per heavy atom. The SMILES string of the molecule is CN=C(NCCOCCC(C)C)NC1CCCCC1. The highest BCUT2D eigenvalue weighted by Gasteiger charge is 2.13. The lowest BCUT2D eigenvalue weighted by Gasteiger charge is -2.24. The second-order valence-electron chi connectivity index (χ2n) is 5.77. The molecule has 1 aliphatic rings. The molecule has 0 heterocycles. The maximum atomic E-state index is 5.58. The van der Waals surface area contributed by atoms with E-state index in [2.05, 4.69) is 29.5 Å². The van der Waals surface area contributed by atoms with Crippen molar-refractivity contribution in [3.8, 4) is 0 Å². The lowest BCUT2D eigenvalue weighted by molar-refractivity contribution is 0.128. The van der Waals surface area contributed by atoms with E-state index in [0.717, 1.165) is 32.1 Å². The first-order valence-corrected chi connectivity index (χ1v) is 7.77. The van der Waals surface area contributed by atoms with Crippen molar-refractivity contribution in [2.75, 3.05) is 26.8 Å². The normalized spacial score (nSPS) is 17.8. The summed E-state index contributed by atoms with van der Waals surface area (Å²) in [5.74, 6) is 1.63. The van der Waals surface area contributed by atoms with Gasteiger partial charge >= 0.3 is 0 Å². The molecule has 0 unspecified atom stereocenters. The molecule has 4 nitrogen and oxygen atoms in total. The Hall–Kier alpha value is -0.770. The Kier molecular flexibility index (Phi) is 8.63. The van der Waals surface area contributed by atoms with Crippen LogP contribution in [0.1, 0.15) is 52.4 Å². The first-order chi connectivity index (χ1) is 9.22. The van der Waals surface area contributed by atoms with Gasteiger partial charge in [-0.05, 0) is 25.2 Å². The van der Waals surface area contributed by atoms with Gasteiger partial charge in [0.25, 0.3) is 0 Å². The van der Waals surface area contributed by atoms with Crippen LogP contribution in [-0.4, -0.2) is 38.8 Å². The maximum absolute atomic E-state index is 5.58. The summed E-state index contributed by atoms with van der Waals surface area (Å²) >= 11 is 0. The maximum Gasteiger partial charge on any atom is 0.191 e. The minimum absolute atomic E-state index is 0.599. The number of rotatable bonds is 7. The minimum atomic E-state index is 0.599. The van der Waals surface area contributed by atoms with Crippen LogP contribution in [0.15, 0.2) is 4.99 Å². The Balaban J connectivity index is 2.05. The molecule has 0 aliphatic heterocycles. The molecular weight excluding hydrogens is 238 g/mol. The number of ether oxygens (including phenoxy) is 1. The van der Waals surface area contributed by atoms with Gasteiger partial charge in [-0.25, -0.2) is 0 Å². The molecule has 0 atom stereocenters. The standard InChI is InChI=1S/C15H31N3O/c1-13(2)9-11-19-12-10-17-15(16-3)18-14-7-5-4-6-8-14/h13-14H,4-12H2,1-3H3,(H2,16,17,18). The average Bonchev–Trinajstić information content (AvgIpc) is 2.42. The predicted molar refractivity (Wildman–Crippen MR) is 81.6 cm³/mol. The molecule has 0 radical (unpaired) electrons. The van der Waals surface area contributed by atoms with Gasteiger partial charge in [0.2, 0.25) is 0 Å². The van der Waals surface area contributed by atoms with Gasteiger partial charge in [0.05, 0.1) is 6.61 Å². The Morgan fingerprint density at radius 1 is 1.21 bits per heavy atom. The first kappa shape index (κ1) is 16.3. The zero-order valence-electron chi connectivity index (χ0n) is 12.9. The summed E-state index contributed by atoms with van der Waals surface area (Å²) in [6.45, 7) is 6.87. The van der Waals surface area contributed by atoms with Crippen LogP contribution >= 0.6 is 0 Å². The summed E-state index contributed by atoms with van der Waals surface area (Å²) in [6.07, 6.45) is 7.74. The Bertz CT molecular complexity index is 248. The molecule has 0 bridgehead atoms. The number of nitrogens with one attached hydrogen (secondary N) is 2. The number of guanidine groups is 1. The lowest BCUT2D eigenvalue weighted by Crippen LogP contribution is -2.45. The minimum Gasteiger partial charge on any atom is -0.380 e. The van der Waals surface area contributed by atoms with Crippen LogP contribution in [-0.2, 0) is 4.74 Å². The molecule has 1 saturated carbocycles. The van der Waals surface area contributed by atoms with Crippen molar-refractivity contribution in [3.63, 3.8) is 0 Å². The molecule has 0 amide bonds. The Morgan fingerprint density at radius 2 is 1.95 bits per heavy atom. The van der Waals surface area contributed by atoms with Gasteiger partial charge in [-0.15, -0.1) is 0 Å². The van der Waals surface area contributed by atoms with Gasteiger partial charge in [0.15, 0.2) is 5.96 Å². The zero-order chi connectivity index (χ0) is 13.9. The predicted octanol–water partition coefficient (Wildman–Crippen LogP) is 2.55. The second kappa shape index (κ2) is 10.1. The van der Waals surface area contributed by atoms with Crippen LogP contribution in [0.3, 0.4) is 0 Å². The van der Waals surface area contributed by atoms with Gasteiger partial charge in [-0.2, -0.15) is 0 Å². The van der Waals surface area contributed by atoms with Crippen molar-refractivity contribution in [2.24, 2.45) is 10.9 Å². The van der Waals surface area contributed by atoms with Gasteiger partial charge in [-0.1, -0.05) is 33.1 Å². The summed E-state index contributed by atoms with van der Waals surface area (Å²) in [7, 11) is 1.83. The molecule has 0 saturated heterocycles. The monoisotopic (exact) mass is 269 g/mol. The van der Waals surface area contributed by atoms with E-state index in [1.807, 2.05) is 7.05 Å². The highest BCUT2D eigenvalue weighted by Crippen LogP contribution is 2.17. The third-order valence-electron chi connectivity index (χ3n) is 3.55. The highest BCUT2D eigenvalue weighted by atomic mass is 16.5. The summed E-state index contributed by atoms with van der Waals surface area (Å²) in [5, 5.41) is 6.82. The van der Waals surface area contributed by atoms with E-state index in [1.165, 1.54) is 32.1 Å². The van der Waals surface area contributed by atoms with Gasteiger partial charge in [0.1, 0.15) is 0 Å². The van der Waals surface area contributed by atoms with Gasteiger partial charge < -0.3 is 15.4 Å². The van der Waals surface area contributed by atoms with Crippen LogP contribution in [0.2, 0.25) is 0 Å². The fourth-order valence-corrected chi connectivity index (χ4v) is 2.30. The van der Waals surface area contributed by atoms with Crippen molar-refractivity contribution in [1.82, 2.24) is 10.6 Å². The Labute approximate surface area is 118 Å². The third kappa shape index (κ3) is 8.09. The van der Waals surface area contributed by atoms with E-state index in [4.69, 9.17) is 4.74 Å². The lowest BCUT2D eigenvalue weighted by atomic mass is 9.96. The molecule has 112 valence electrons. The van der Waals surface area contributed by atoms with Crippen molar-refractivity contribution in [2.45, 2.75) is 58.4 Å². The van der Waals surface area contributed by atoms with Crippen molar-refractivity contribution >= 4 is 5.96 Å². The molecule has 1 fully saturated rings. The molecule has 19 heavy (non-hydrogen) atoms. The fourth-order valence-electron chi connectivity index (χ4n) is 2.30. The van der Waals surface area contributed by atoms with E-state index < -0.39 is 0 Å². The smallest absolute Gasteiger partial charge is 0.191 e. The molecule has 0 aromatic rings. The molecule has 0 spiro atoms. The van der Waals surface area contributed by atoms with E-state index in [1.54, 1.807) is 0 Å². The summed E-state index contributed by atoms with van der Waals surface area (Å²) in [4.78, 5) is 4.27. The van der Waals surface area contributed by atoms with E-state index >= 15 is 0 Å². The van der Waals surface area contributed by atoms with E-state index in [9.17, 15) is 0 Å². The first-order valence-electron chi connectivity index (χ1n) is 7.77. The van der Waals surface area contributed by atoms with Crippen molar-refractivity contribution in [3.05, 3.63) is 0 Å². The van der Waals surface area contributed by atoms with Crippen molar-refractivity contribution < 1.29 is 4.74 Å². The quantitative estimate of drug-likeness (QED) is 0.424. The van der Waals surface area contributed by atoms with E-state index in [0.29, 0.717) is 12.0 Å². The molecule has 0 aromatic carbocycles. The fraction of sp³-hybridized carbons (Fsp3) is 0.933. The molecule has 2 N–H and O–H groups in total. The molecule has 0 aromatic heterocycles. The highest BCUT2D eigenvalue weighted by molar-refractivity contribution is 5.79. The van der Waals surface area contributed by atoms with Crippen molar-refractivity contribution in [1.29, 1.82) is 0 Å².